The molecule has 3 rings (SSSR count). The monoisotopic (exact) mass is 293 g/mol. The van der Waals surface area contributed by atoms with E-state index >= 15 is 0 Å². The van der Waals surface area contributed by atoms with E-state index in [-0.39, 0.29) is 0 Å². The Morgan fingerprint density at radius 3 is 2.24 bits per heavy atom. The Morgan fingerprint density at radius 1 is 0.857 bits per heavy atom. The third kappa shape index (κ3) is 4.43. The molecule has 3 fully saturated rings. The molecule has 3 heteroatoms. The van der Waals surface area contributed by atoms with Crippen LogP contribution in [0.25, 0.3) is 0 Å². The van der Waals surface area contributed by atoms with Crippen molar-refractivity contribution in [3.05, 3.63) is 0 Å². The zero-order chi connectivity index (χ0) is 14.7. The van der Waals surface area contributed by atoms with Crippen LogP contribution in [0.1, 0.15) is 51.9 Å². The molecule has 2 saturated heterocycles. The predicted molar refractivity (Wildman–Crippen MR) is 89.3 cm³/mol. The van der Waals surface area contributed by atoms with E-state index in [1.54, 1.807) is 0 Å². The van der Waals surface area contributed by atoms with Crippen LogP contribution in [0.15, 0.2) is 0 Å². The largest absolute Gasteiger partial charge is 0.327 e. The minimum Gasteiger partial charge on any atom is -0.327 e. The van der Waals surface area contributed by atoms with Gasteiger partial charge in [-0.1, -0.05) is 6.92 Å². The average molecular weight is 293 g/mol. The fraction of sp³-hybridized carbons (Fsp3) is 1.00. The summed E-state index contributed by atoms with van der Waals surface area (Å²) in [6.45, 7) is 10.4. The van der Waals surface area contributed by atoms with Crippen molar-refractivity contribution in [2.45, 2.75) is 57.9 Å². The van der Waals surface area contributed by atoms with E-state index in [1.807, 2.05) is 0 Å². The Morgan fingerprint density at radius 2 is 1.52 bits per heavy atom. The van der Waals surface area contributed by atoms with Crippen molar-refractivity contribution >= 4 is 0 Å². The van der Waals surface area contributed by atoms with Crippen LogP contribution in [0, 0.1) is 17.8 Å². The summed E-state index contributed by atoms with van der Waals surface area (Å²) in [5.74, 6) is 2.60. The second kappa shape index (κ2) is 7.43. The van der Waals surface area contributed by atoms with Crippen LogP contribution >= 0.6 is 0 Å². The van der Waals surface area contributed by atoms with Gasteiger partial charge in [-0.15, -0.1) is 0 Å². The average Bonchev–Trinajstić information content (AvgIpc) is 2.98. The highest BCUT2D eigenvalue weighted by atomic mass is 15.2. The first-order chi connectivity index (χ1) is 10.2. The Labute approximate surface area is 131 Å². The molecule has 2 heterocycles. The normalized spacial score (nSPS) is 37.1. The van der Waals surface area contributed by atoms with E-state index in [4.69, 9.17) is 5.73 Å². The van der Waals surface area contributed by atoms with Crippen LogP contribution in [0.4, 0.5) is 0 Å². The number of hydrogen-bond donors (Lipinski definition) is 1. The van der Waals surface area contributed by atoms with Crippen molar-refractivity contribution in [3.63, 3.8) is 0 Å². The lowest BCUT2D eigenvalue weighted by atomic mass is 9.78. The Bertz CT molecular complexity index is 306. The van der Waals surface area contributed by atoms with E-state index in [2.05, 4.69) is 16.7 Å². The molecular formula is C18H35N3. The van der Waals surface area contributed by atoms with E-state index in [1.165, 1.54) is 84.2 Å². The zero-order valence-electron chi connectivity index (χ0n) is 14.0. The SMILES string of the molecule is CC1CCC(N)C(CN2CCC(CN3CCCC3)CC2)C1. The second-order valence-electron chi connectivity index (χ2n) is 8.09. The Hall–Kier alpha value is -0.120. The van der Waals surface area contributed by atoms with Gasteiger partial charge in [-0.3, -0.25) is 0 Å². The molecule has 3 atom stereocenters. The first-order valence-electron chi connectivity index (χ1n) is 9.41. The third-order valence-corrected chi connectivity index (χ3v) is 6.22. The van der Waals surface area contributed by atoms with Crippen molar-refractivity contribution in [1.29, 1.82) is 0 Å². The molecule has 2 aliphatic heterocycles. The summed E-state index contributed by atoms with van der Waals surface area (Å²) in [5.41, 5.74) is 6.36. The summed E-state index contributed by atoms with van der Waals surface area (Å²) in [5, 5.41) is 0. The van der Waals surface area contributed by atoms with Crippen molar-refractivity contribution in [2.24, 2.45) is 23.5 Å². The molecule has 0 amide bonds. The fourth-order valence-corrected chi connectivity index (χ4v) is 4.75. The number of nitrogens with zero attached hydrogens (tertiary/aromatic N) is 2. The van der Waals surface area contributed by atoms with Crippen molar-refractivity contribution in [1.82, 2.24) is 9.80 Å². The topological polar surface area (TPSA) is 32.5 Å². The number of piperidine rings is 1. The summed E-state index contributed by atoms with van der Waals surface area (Å²) >= 11 is 0. The summed E-state index contributed by atoms with van der Waals surface area (Å²) in [7, 11) is 0. The molecule has 0 aromatic carbocycles. The maximum Gasteiger partial charge on any atom is 0.00795 e. The zero-order valence-corrected chi connectivity index (χ0v) is 14.0. The van der Waals surface area contributed by atoms with Crippen LogP contribution in [-0.4, -0.2) is 55.1 Å². The quantitative estimate of drug-likeness (QED) is 0.864. The minimum absolute atomic E-state index is 0.462. The van der Waals surface area contributed by atoms with Gasteiger partial charge >= 0.3 is 0 Å². The van der Waals surface area contributed by atoms with Gasteiger partial charge in [0.2, 0.25) is 0 Å². The van der Waals surface area contributed by atoms with Gasteiger partial charge in [0.1, 0.15) is 0 Å². The van der Waals surface area contributed by atoms with Gasteiger partial charge in [0.15, 0.2) is 0 Å². The summed E-state index contributed by atoms with van der Waals surface area (Å²) in [6.07, 6.45) is 9.62. The molecule has 1 aliphatic carbocycles. The van der Waals surface area contributed by atoms with Crippen LogP contribution in [0.2, 0.25) is 0 Å². The standard InChI is InChI=1S/C18H35N3/c1-15-4-5-18(19)17(12-15)14-21-10-6-16(7-11-21)13-20-8-2-3-9-20/h15-18H,2-14,19H2,1H3. The van der Waals surface area contributed by atoms with Gasteiger partial charge in [0.05, 0.1) is 0 Å². The maximum absolute atomic E-state index is 6.36. The van der Waals surface area contributed by atoms with Crippen LogP contribution < -0.4 is 5.73 Å². The van der Waals surface area contributed by atoms with Crippen LogP contribution in [-0.2, 0) is 0 Å². The lowest BCUT2D eigenvalue weighted by Crippen LogP contribution is -2.46. The minimum atomic E-state index is 0.462. The lowest BCUT2D eigenvalue weighted by Gasteiger charge is -2.39. The smallest absolute Gasteiger partial charge is 0.00795 e. The fourth-order valence-electron chi connectivity index (χ4n) is 4.75. The molecular weight excluding hydrogens is 258 g/mol. The molecule has 2 N–H and O–H groups in total. The highest BCUT2D eigenvalue weighted by Gasteiger charge is 2.29. The second-order valence-corrected chi connectivity index (χ2v) is 8.09. The number of rotatable bonds is 4. The third-order valence-electron chi connectivity index (χ3n) is 6.22. The highest BCUT2D eigenvalue weighted by molar-refractivity contribution is 4.85. The summed E-state index contributed by atoms with van der Waals surface area (Å²) < 4.78 is 0. The van der Waals surface area contributed by atoms with Crippen molar-refractivity contribution in [3.8, 4) is 0 Å². The molecule has 3 unspecified atom stereocenters. The number of likely N-dealkylation sites (tertiary alicyclic amines) is 2. The summed E-state index contributed by atoms with van der Waals surface area (Å²) in [4.78, 5) is 5.40. The summed E-state index contributed by atoms with van der Waals surface area (Å²) in [6, 6.07) is 0.462. The molecule has 3 aliphatic rings. The molecule has 0 bridgehead atoms. The molecule has 0 radical (unpaired) electrons. The van der Waals surface area contributed by atoms with Crippen molar-refractivity contribution < 1.29 is 0 Å². The number of nitrogens with two attached hydrogens (primary N) is 1. The first kappa shape index (κ1) is 15.8. The Balaban J connectivity index is 1.38. The van der Waals surface area contributed by atoms with E-state index in [9.17, 15) is 0 Å². The van der Waals surface area contributed by atoms with Gasteiger partial charge in [-0.05, 0) is 88.9 Å². The molecule has 0 spiro atoms. The maximum atomic E-state index is 6.36. The molecule has 122 valence electrons. The van der Waals surface area contributed by atoms with E-state index in [0.29, 0.717) is 6.04 Å². The molecule has 0 aromatic rings. The van der Waals surface area contributed by atoms with Crippen molar-refractivity contribution in [2.75, 3.05) is 39.3 Å². The molecule has 0 aromatic heterocycles. The van der Waals surface area contributed by atoms with Crippen LogP contribution in [0.5, 0.6) is 0 Å². The highest BCUT2D eigenvalue weighted by Crippen LogP contribution is 2.30. The Kier molecular flexibility index (Phi) is 5.58. The van der Waals surface area contributed by atoms with E-state index < -0.39 is 0 Å². The van der Waals surface area contributed by atoms with Gasteiger partial charge in [0.25, 0.3) is 0 Å². The first-order valence-corrected chi connectivity index (χ1v) is 9.41. The molecule has 21 heavy (non-hydrogen) atoms. The van der Waals surface area contributed by atoms with Crippen LogP contribution in [0.3, 0.4) is 0 Å². The van der Waals surface area contributed by atoms with Gasteiger partial charge in [-0.25, -0.2) is 0 Å². The lowest BCUT2D eigenvalue weighted by molar-refractivity contribution is 0.112. The predicted octanol–water partition coefficient (Wildman–Crippen LogP) is 2.56. The van der Waals surface area contributed by atoms with Gasteiger partial charge in [0, 0.05) is 19.1 Å². The molecule has 1 saturated carbocycles. The van der Waals surface area contributed by atoms with Gasteiger partial charge < -0.3 is 15.5 Å². The van der Waals surface area contributed by atoms with E-state index in [0.717, 1.165) is 17.8 Å². The number of hydrogen-bond acceptors (Lipinski definition) is 3. The molecule has 3 nitrogen and oxygen atoms in total. The van der Waals surface area contributed by atoms with Gasteiger partial charge in [-0.2, -0.15) is 0 Å².